The summed E-state index contributed by atoms with van der Waals surface area (Å²) in [7, 11) is 3.96. The van der Waals surface area contributed by atoms with E-state index in [4.69, 9.17) is 12.2 Å². The number of hydrogen-bond donors (Lipinski definition) is 0. The highest BCUT2D eigenvalue weighted by atomic mass is 79.9. The highest BCUT2D eigenvalue weighted by molar-refractivity contribution is 9.10. The van der Waals surface area contributed by atoms with E-state index in [-0.39, 0.29) is 5.91 Å². The number of carbonyl (C=O) groups is 1. The minimum atomic E-state index is -0.0739. The average Bonchev–Trinajstić information content (AvgIpc) is 2.66. The standard InChI is InChI=1S/C12H12BrN3OS2/c1-15(2)10-4-3-8(5-9(10)13)6-14-16-11(17)7-19-12(16)18/h3-6H,7H2,1-2H3/b14-6-. The lowest BCUT2D eigenvalue weighted by molar-refractivity contribution is -0.123. The van der Waals surface area contributed by atoms with Crippen LogP contribution < -0.4 is 4.90 Å². The molecule has 1 aliphatic rings. The Bertz CT molecular complexity index is 544. The van der Waals surface area contributed by atoms with E-state index in [2.05, 4.69) is 21.0 Å². The normalized spacial score (nSPS) is 15.6. The van der Waals surface area contributed by atoms with Gasteiger partial charge in [0.2, 0.25) is 0 Å². The fraction of sp³-hybridized carbons (Fsp3) is 0.250. The summed E-state index contributed by atoms with van der Waals surface area (Å²) in [6.45, 7) is 0. The lowest BCUT2D eigenvalue weighted by atomic mass is 10.2. The minimum absolute atomic E-state index is 0.0739. The number of thioether (sulfide) groups is 1. The zero-order valence-electron chi connectivity index (χ0n) is 10.5. The molecular formula is C12H12BrN3OS2. The molecule has 1 fully saturated rings. The molecule has 7 heteroatoms. The van der Waals surface area contributed by atoms with Crippen LogP contribution in [0, 0.1) is 0 Å². The number of anilines is 1. The van der Waals surface area contributed by atoms with E-state index in [1.807, 2.05) is 37.2 Å². The van der Waals surface area contributed by atoms with E-state index in [1.165, 1.54) is 16.8 Å². The molecule has 0 unspecified atom stereocenters. The zero-order chi connectivity index (χ0) is 14.0. The number of benzene rings is 1. The summed E-state index contributed by atoms with van der Waals surface area (Å²) < 4.78 is 1.48. The first-order valence-corrected chi connectivity index (χ1v) is 7.68. The van der Waals surface area contributed by atoms with Gasteiger partial charge in [-0.3, -0.25) is 4.79 Å². The van der Waals surface area contributed by atoms with E-state index >= 15 is 0 Å². The topological polar surface area (TPSA) is 35.9 Å². The summed E-state index contributed by atoms with van der Waals surface area (Å²) in [4.78, 5) is 13.5. The largest absolute Gasteiger partial charge is 0.377 e. The third-order valence-corrected chi connectivity index (χ3v) is 4.48. The maximum absolute atomic E-state index is 11.5. The lowest BCUT2D eigenvalue weighted by Crippen LogP contribution is -2.22. The Hall–Kier alpha value is -0.920. The fourth-order valence-electron chi connectivity index (χ4n) is 1.55. The van der Waals surface area contributed by atoms with Crippen LogP contribution in [0.2, 0.25) is 0 Å². The number of hydrazone groups is 1. The summed E-state index contributed by atoms with van der Waals surface area (Å²) in [5.74, 6) is 0.301. The summed E-state index contributed by atoms with van der Waals surface area (Å²) in [6, 6.07) is 5.89. The zero-order valence-corrected chi connectivity index (χ0v) is 13.7. The van der Waals surface area contributed by atoms with Gasteiger partial charge < -0.3 is 4.90 Å². The van der Waals surface area contributed by atoms with Crippen LogP contribution >= 0.6 is 39.9 Å². The van der Waals surface area contributed by atoms with Crippen molar-refractivity contribution in [3.63, 3.8) is 0 Å². The average molecular weight is 358 g/mol. The van der Waals surface area contributed by atoms with Gasteiger partial charge in [0.1, 0.15) is 0 Å². The van der Waals surface area contributed by atoms with Crippen LogP contribution in [0.15, 0.2) is 27.8 Å². The molecule has 1 saturated heterocycles. The molecule has 1 aromatic carbocycles. The molecule has 0 aliphatic carbocycles. The Morgan fingerprint density at radius 2 is 2.26 bits per heavy atom. The molecule has 1 aliphatic heterocycles. The smallest absolute Gasteiger partial charge is 0.259 e. The number of nitrogens with zero attached hydrogens (tertiary/aromatic N) is 3. The van der Waals surface area contributed by atoms with Crippen LogP contribution in [0.3, 0.4) is 0 Å². The second-order valence-electron chi connectivity index (χ2n) is 4.11. The highest BCUT2D eigenvalue weighted by Crippen LogP contribution is 2.25. The van der Waals surface area contributed by atoms with Gasteiger partial charge in [-0.1, -0.05) is 30.0 Å². The van der Waals surface area contributed by atoms with E-state index < -0.39 is 0 Å². The molecular weight excluding hydrogens is 346 g/mol. The molecule has 0 aromatic heterocycles. The van der Waals surface area contributed by atoms with Crippen LogP contribution in [0.25, 0.3) is 0 Å². The van der Waals surface area contributed by atoms with Crippen molar-refractivity contribution in [2.75, 3.05) is 24.7 Å². The molecule has 1 amide bonds. The predicted molar refractivity (Wildman–Crippen MR) is 88.0 cm³/mol. The first-order valence-electron chi connectivity index (χ1n) is 5.49. The molecule has 2 rings (SSSR count). The number of hydrogen-bond acceptors (Lipinski definition) is 5. The van der Waals surface area contributed by atoms with E-state index in [1.54, 1.807) is 6.21 Å². The van der Waals surface area contributed by atoms with Crippen LogP contribution in [0.1, 0.15) is 5.56 Å². The molecule has 0 N–H and O–H groups in total. The summed E-state index contributed by atoms with van der Waals surface area (Å²) in [6.07, 6.45) is 1.64. The third kappa shape index (κ3) is 3.34. The summed E-state index contributed by atoms with van der Waals surface area (Å²) >= 11 is 9.90. The van der Waals surface area contributed by atoms with E-state index in [0.29, 0.717) is 10.1 Å². The number of thiocarbonyl (C=S) groups is 1. The fourth-order valence-corrected chi connectivity index (χ4v) is 3.27. The second kappa shape index (κ2) is 6.02. The van der Waals surface area contributed by atoms with Gasteiger partial charge in [0.25, 0.3) is 5.91 Å². The Morgan fingerprint density at radius 3 is 2.79 bits per heavy atom. The molecule has 100 valence electrons. The van der Waals surface area contributed by atoms with Gasteiger partial charge >= 0.3 is 0 Å². The maximum atomic E-state index is 11.5. The minimum Gasteiger partial charge on any atom is -0.377 e. The van der Waals surface area contributed by atoms with Gasteiger partial charge in [-0.05, 0) is 33.6 Å². The first-order chi connectivity index (χ1) is 8.99. The van der Waals surface area contributed by atoms with Gasteiger partial charge in [-0.15, -0.1) is 0 Å². The van der Waals surface area contributed by atoms with E-state index in [0.717, 1.165) is 15.7 Å². The monoisotopic (exact) mass is 357 g/mol. The van der Waals surface area contributed by atoms with Crippen molar-refractivity contribution in [2.45, 2.75) is 0 Å². The number of carbonyl (C=O) groups excluding carboxylic acids is 1. The Labute approximate surface area is 130 Å². The molecule has 0 atom stereocenters. The van der Waals surface area contributed by atoms with Crippen LogP contribution in [-0.2, 0) is 4.79 Å². The Kier molecular flexibility index (Phi) is 4.59. The van der Waals surface area contributed by atoms with Crippen molar-refractivity contribution in [2.24, 2.45) is 5.10 Å². The van der Waals surface area contributed by atoms with Gasteiger partial charge in [0.15, 0.2) is 4.32 Å². The molecule has 0 spiro atoms. The quantitative estimate of drug-likeness (QED) is 0.615. The SMILES string of the molecule is CN(C)c1ccc(/C=N\N2C(=O)CSC2=S)cc1Br. The highest BCUT2D eigenvalue weighted by Gasteiger charge is 2.25. The third-order valence-electron chi connectivity index (χ3n) is 2.50. The van der Waals surface area contributed by atoms with Gasteiger partial charge in [-0.2, -0.15) is 10.1 Å². The van der Waals surface area contributed by atoms with Gasteiger partial charge in [-0.25, -0.2) is 0 Å². The molecule has 1 aromatic rings. The number of halogens is 1. The Balaban J connectivity index is 2.18. The summed E-state index contributed by atoms with van der Waals surface area (Å²) in [5.41, 5.74) is 1.99. The summed E-state index contributed by atoms with van der Waals surface area (Å²) in [5, 5.41) is 5.41. The number of rotatable bonds is 3. The Morgan fingerprint density at radius 1 is 1.53 bits per heavy atom. The molecule has 19 heavy (non-hydrogen) atoms. The predicted octanol–water partition coefficient (Wildman–Crippen LogP) is 2.71. The van der Waals surface area contributed by atoms with Gasteiger partial charge in [0, 0.05) is 18.6 Å². The van der Waals surface area contributed by atoms with Crippen molar-refractivity contribution >= 4 is 62.0 Å². The molecule has 0 bridgehead atoms. The van der Waals surface area contributed by atoms with Crippen molar-refractivity contribution < 1.29 is 4.79 Å². The van der Waals surface area contributed by atoms with Crippen molar-refractivity contribution in [1.82, 2.24) is 5.01 Å². The van der Waals surface area contributed by atoms with Crippen molar-refractivity contribution in [3.05, 3.63) is 28.2 Å². The van der Waals surface area contributed by atoms with Gasteiger partial charge in [0.05, 0.1) is 17.7 Å². The maximum Gasteiger partial charge on any atom is 0.259 e. The van der Waals surface area contributed by atoms with Crippen LogP contribution in [0.4, 0.5) is 5.69 Å². The molecule has 4 nitrogen and oxygen atoms in total. The lowest BCUT2D eigenvalue weighted by Gasteiger charge is -2.14. The van der Waals surface area contributed by atoms with Crippen molar-refractivity contribution in [3.8, 4) is 0 Å². The second-order valence-corrected chi connectivity index (χ2v) is 6.57. The molecule has 1 heterocycles. The van der Waals surface area contributed by atoms with Crippen LogP contribution in [0.5, 0.6) is 0 Å². The molecule has 0 radical (unpaired) electrons. The first kappa shape index (κ1) is 14.5. The van der Waals surface area contributed by atoms with Crippen LogP contribution in [-0.4, -0.2) is 41.3 Å². The van der Waals surface area contributed by atoms with Crippen molar-refractivity contribution in [1.29, 1.82) is 0 Å². The number of amides is 1. The molecule has 0 saturated carbocycles. The van der Waals surface area contributed by atoms with E-state index in [9.17, 15) is 4.79 Å².